The first-order chi connectivity index (χ1) is 11.2. The molecule has 23 heavy (non-hydrogen) atoms. The van der Waals surface area contributed by atoms with Gasteiger partial charge in [0.25, 0.3) is 5.69 Å². The van der Waals surface area contributed by atoms with Crippen LogP contribution in [0.4, 0.5) is 5.69 Å². The highest BCUT2D eigenvalue weighted by Crippen LogP contribution is 2.40. The van der Waals surface area contributed by atoms with Crippen LogP contribution in [0.1, 0.15) is 10.9 Å². The molecule has 0 radical (unpaired) electrons. The molecule has 8 nitrogen and oxygen atoms in total. The number of nitrogens with one attached hydrogen (secondary N) is 1. The number of pyridine rings is 1. The van der Waals surface area contributed by atoms with Crippen molar-refractivity contribution < 1.29 is 4.92 Å². The largest absolute Gasteiger partial charge is 0.304 e. The fourth-order valence-electron chi connectivity index (χ4n) is 2.31. The van der Waals surface area contributed by atoms with Crippen molar-refractivity contribution in [3.63, 3.8) is 0 Å². The molecule has 4 rings (SSSR count). The second kappa shape index (κ2) is 5.36. The van der Waals surface area contributed by atoms with Crippen LogP contribution in [-0.4, -0.2) is 24.8 Å². The highest BCUT2D eigenvalue weighted by atomic mass is 32.2. The maximum absolute atomic E-state index is 10.7. The van der Waals surface area contributed by atoms with Crippen LogP contribution in [0.3, 0.4) is 0 Å². The number of hydrogen-bond donors (Lipinski definition) is 1. The maximum Gasteiger partial charge on any atom is 0.269 e. The summed E-state index contributed by atoms with van der Waals surface area (Å²) in [7, 11) is 0. The summed E-state index contributed by atoms with van der Waals surface area (Å²) in [6.07, 6.45) is 3.43. The van der Waals surface area contributed by atoms with Crippen LogP contribution in [0, 0.1) is 10.1 Å². The molecule has 1 aliphatic rings. The number of rotatable bonds is 3. The fraction of sp³-hybridized carbons (Fsp3) is 0.0714. The minimum atomic E-state index is -0.408. The number of aromatic nitrogens is 4. The van der Waals surface area contributed by atoms with Crippen molar-refractivity contribution in [3.05, 3.63) is 64.5 Å². The Kier molecular flexibility index (Phi) is 3.19. The summed E-state index contributed by atoms with van der Waals surface area (Å²) in [6.45, 7) is 0. The highest BCUT2D eigenvalue weighted by Gasteiger charge is 2.28. The van der Waals surface area contributed by atoms with Crippen LogP contribution in [0.2, 0.25) is 0 Å². The van der Waals surface area contributed by atoms with Gasteiger partial charge in [0, 0.05) is 30.1 Å². The van der Waals surface area contributed by atoms with E-state index >= 15 is 0 Å². The lowest BCUT2D eigenvalue weighted by Gasteiger charge is -2.11. The van der Waals surface area contributed by atoms with Gasteiger partial charge in [0.1, 0.15) is 5.37 Å². The van der Waals surface area contributed by atoms with Crippen LogP contribution in [0.25, 0.3) is 11.4 Å². The van der Waals surface area contributed by atoms with Crippen molar-refractivity contribution in [2.45, 2.75) is 10.5 Å². The molecule has 0 saturated carbocycles. The Morgan fingerprint density at radius 1 is 1.22 bits per heavy atom. The zero-order valence-electron chi connectivity index (χ0n) is 11.7. The Bertz CT molecular complexity index is 865. The lowest BCUT2D eigenvalue weighted by molar-refractivity contribution is -0.384. The first-order valence-electron chi connectivity index (χ1n) is 6.76. The number of thioether (sulfide) groups is 1. The van der Waals surface area contributed by atoms with Crippen molar-refractivity contribution in [2.75, 3.05) is 5.43 Å². The molecule has 0 saturated heterocycles. The minimum Gasteiger partial charge on any atom is -0.304 e. The molecule has 0 amide bonds. The van der Waals surface area contributed by atoms with Gasteiger partial charge in [-0.3, -0.25) is 15.1 Å². The normalized spacial score (nSPS) is 15.9. The van der Waals surface area contributed by atoms with E-state index in [4.69, 9.17) is 0 Å². The molecule has 1 N–H and O–H groups in total. The van der Waals surface area contributed by atoms with Gasteiger partial charge in [-0.25, -0.2) is 4.68 Å². The lowest BCUT2D eigenvalue weighted by atomic mass is 10.2. The zero-order chi connectivity index (χ0) is 15.8. The van der Waals surface area contributed by atoms with Gasteiger partial charge in [0.05, 0.1) is 4.92 Å². The fourth-order valence-corrected chi connectivity index (χ4v) is 3.30. The molecule has 0 spiro atoms. The molecule has 1 atom stereocenters. The second-order valence-electron chi connectivity index (χ2n) is 4.86. The monoisotopic (exact) mass is 326 g/mol. The molecule has 1 unspecified atom stereocenters. The van der Waals surface area contributed by atoms with Crippen molar-refractivity contribution in [1.29, 1.82) is 0 Å². The lowest BCUT2D eigenvalue weighted by Crippen LogP contribution is -2.13. The van der Waals surface area contributed by atoms with E-state index in [1.807, 2.05) is 16.8 Å². The average molecular weight is 326 g/mol. The van der Waals surface area contributed by atoms with Crippen LogP contribution in [0.5, 0.6) is 0 Å². The maximum atomic E-state index is 10.7. The molecule has 0 aliphatic carbocycles. The number of benzene rings is 1. The topological polar surface area (TPSA) is 98.8 Å². The molecule has 2 aromatic heterocycles. The van der Waals surface area contributed by atoms with Gasteiger partial charge in [0.15, 0.2) is 5.82 Å². The molecular weight excluding hydrogens is 316 g/mol. The van der Waals surface area contributed by atoms with Crippen LogP contribution < -0.4 is 5.43 Å². The van der Waals surface area contributed by atoms with Gasteiger partial charge in [0.2, 0.25) is 5.16 Å². The third kappa shape index (κ3) is 2.40. The van der Waals surface area contributed by atoms with Gasteiger partial charge in [-0.2, -0.15) is 0 Å². The van der Waals surface area contributed by atoms with Crippen molar-refractivity contribution in [2.24, 2.45) is 0 Å². The molecule has 1 aromatic carbocycles. The number of hydrogen-bond acceptors (Lipinski definition) is 7. The summed E-state index contributed by atoms with van der Waals surface area (Å²) < 4.78 is 1.81. The van der Waals surface area contributed by atoms with E-state index in [-0.39, 0.29) is 11.1 Å². The number of non-ortho nitro benzene ring substituents is 1. The number of nitro groups is 1. The molecule has 9 heteroatoms. The van der Waals surface area contributed by atoms with E-state index in [1.165, 1.54) is 23.9 Å². The number of nitro benzene ring substituents is 1. The predicted molar refractivity (Wildman–Crippen MR) is 84.3 cm³/mol. The van der Waals surface area contributed by atoms with Gasteiger partial charge in [-0.1, -0.05) is 11.8 Å². The third-order valence-electron chi connectivity index (χ3n) is 3.43. The third-order valence-corrected chi connectivity index (χ3v) is 4.52. The van der Waals surface area contributed by atoms with Gasteiger partial charge < -0.3 is 5.43 Å². The zero-order valence-corrected chi connectivity index (χ0v) is 12.5. The van der Waals surface area contributed by atoms with E-state index < -0.39 is 4.92 Å². The van der Waals surface area contributed by atoms with E-state index in [1.54, 1.807) is 24.5 Å². The number of nitrogens with zero attached hydrogens (tertiary/aromatic N) is 5. The van der Waals surface area contributed by atoms with Gasteiger partial charge in [-0.15, -0.1) is 10.2 Å². The smallest absolute Gasteiger partial charge is 0.269 e. The molecule has 0 bridgehead atoms. The summed E-state index contributed by atoms with van der Waals surface area (Å²) in [5, 5.41) is 19.7. The van der Waals surface area contributed by atoms with E-state index in [2.05, 4.69) is 20.6 Å². The first kappa shape index (κ1) is 13.7. The molecule has 114 valence electrons. The standard InChI is InChI=1S/C14H10N6O2S/c21-20(22)11-5-3-9(4-6-11)13-18-19-12(16-17-14(19)23-13)10-2-1-7-15-8-10/h1-8,13,18H. The van der Waals surface area contributed by atoms with Crippen molar-refractivity contribution in [3.8, 4) is 11.4 Å². The molecule has 3 heterocycles. The summed E-state index contributed by atoms with van der Waals surface area (Å²) in [6, 6.07) is 10.2. The molecular formula is C14H10N6O2S. The van der Waals surface area contributed by atoms with Crippen LogP contribution >= 0.6 is 11.8 Å². The molecule has 1 aliphatic heterocycles. The summed E-state index contributed by atoms with van der Waals surface area (Å²) in [4.78, 5) is 14.4. The number of fused-ring (bicyclic) bond motifs is 1. The van der Waals surface area contributed by atoms with E-state index in [9.17, 15) is 10.1 Å². The Balaban J connectivity index is 1.61. The van der Waals surface area contributed by atoms with Gasteiger partial charge >= 0.3 is 0 Å². The Labute approximate surface area is 134 Å². The van der Waals surface area contributed by atoms with Gasteiger partial charge in [-0.05, 0) is 29.8 Å². The summed E-state index contributed by atoms with van der Waals surface area (Å²) in [5.41, 5.74) is 5.18. The average Bonchev–Trinajstić information content (AvgIpc) is 3.16. The molecule has 3 aromatic rings. The minimum absolute atomic E-state index is 0.0725. The van der Waals surface area contributed by atoms with Crippen LogP contribution in [0.15, 0.2) is 53.9 Å². The first-order valence-corrected chi connectivity index (χ1v) is 7.64. The van der Waals surface area contributed by atoms with E-state index in [0.717, 1.165) is 16.3 Å². The van der Waals surface area contributed by atoms with Crippen molar-refractivity contribution >= 4 is 17.4 Å². The molecule has 0 fully saturated rings. The van der Waals surface area contributed by atoms with Crippen molar-refractivity contribution in [1.82, 2.24) is 19.9 Å². The Morgan fingerprint density at radius 2 is 2.04 bits per heavy atom. The predicted octanol–water partition coefficient (Wildman–Crippen LogP) is 2.60. The Hall–Kier alpha value is -2.94. The summed E-state index contributed by atoms with van der Waals surface area (Å²) >= 11 is 1.51. The van der Waals surface area contributed by atoms with Crippen LogP contribution in [-0.2, 0) is 0 Å². The summed E-state index contributed by atoms with van der Waals surface area (Å²) in [5.74, 6) is 0.685. The SMILES string of the molecule is O=[N+]([O-])c1ccc(C2Nn3c(nnc3-c3cccnc3)S2)cc1. The second-order valence-corrected chi connectivity index (χ2v) is 5.93. The highest BCUT2D eigenvalue weighted by molar-refractivity contribution is 7.99. The van der Waals surface area contributed by atoms with E-state index in [0.29, 0.717) is 5.82 Å². The Morgan fingerprint density at radius 3 is 2.74 bits per heavy atom. The quantitative estimate of drug-likeness (QED) is 0.583.